The number of hydrogen-bond acceptors (Lipinski definition) is 2. The van der Waals surface area contributed by atoms with Gasteiger partial charge in [0.1, 0.15) is 12.1 Å². The Bertz CT molecular complexity index is 473. The summed E-state index contributed by atoms with van der Waals surface area (Å²) >= 11 is 12.0. The molecule has 1 aliphatic heterocycles. The minimum Gasteiger partial charge on any atom is -0.478 e. The Labute approximate surface area is 118 Å². The molecule has 0 fully saturated rings. The predicted octanol–water partition coefficient (Wildman–Crippen LogP) is 4.83. The molecule has 1 aromatic rings. The lowest BCUT2D eigenvalue weighted by atomic mass is 9.89. The van der Waals surface area contributed by atoms with Crippen molar-refractivity contribution in [2.45, 2.75) is 38.6 Å². The minimum atomic E-state index is -0.293. The summed E-state index contributed by atoms with van der Waals surface area (Å²) in [6.45, 7) is 4.83. The molecule has 98 valence electrons. The third kappa shape index (κ3) is 2.50. The quantitative estimate of drug-likeness (QED) is 0.777. The molecule has 1 atom stereocenters. The fourth-order valence-corrected chi connectivity index (χ4v) is 2.46. The Kier molecular flexibility index (Phi) is 4.18. The highest BCUT2D eigenvalue weighted by Gasteiger charge is 2.36. The van der Waals surface area contributed by atoms with Crippen molar-refractivity contribution in [3.8, 4) is 0 Å². The molecule has 0 saturated carbocycles. The lowest BCUT2D eigenvalue weighted by Crippen LogP contribution is -2.24. The second-order valence-electron chi connectivity index (χ2n) is 4.56. The van der Waals surface area contributed by atoms with Crippen molar-refractivity contribution in [2.75, 3.05) is 6.61 Å². The van der Waals surface area contributed by atoms with Crippen molar-refractivity contribution in [3.05, 3.63) is 33.8 Å². The predicted molar refractivity (Wildman–Crippen MR) is 76.7 cm³/mol. The zero-order valence-electron chi connectivity index (χ0n) is 10.7. The largest absolute Gasteiger partial charge is 0.478 e. The van der Waals surface area contributed by atoms with Gasteiger partial charge in [-0.2, -0.15) is 0 Å². The Morgan fingerprint density at radius 3 is 2.67 bits per heavy atom. The van der Waals surface area contributed by atoms with Gasteiger partial charge in [-0.25, -0.2) is 4.99 Å². The average molecular weight is 286 g/mol. The van der Waals surface area contributed by atoms with Crippen LogP contribution in [0.5, 0.6) is 0 Å². The van der Waals surface area contributed by atoms with Crippen LogP contribution in [-0.4, -0.2) is 12.5 Å². The van der Waals surface area contributed by atoms with E-state index in [0.717, 1.165) is 30.7 Å². The molecule has 1 heterocycles. The van der Waals surface area contributed by atoms with Crippen LogP contribution in [0, 0.1) is 0 Å². The molecule has 1 aromatic carbocycles. The van der Waals surface area contributed by atoms with Gasteiger partial charge in [-0.3, -0.25) is 0 Å². The fraction of sp³-hybridized carbons (Fsp3) is 0.500. The summed E-state index contributed by atoms with van der Waals surface area (Å²) in [5.74, 6) is 0.852. The standard InChI is InChI=1S/C14H17Cl2NO/c1-3-5-13-17-14(4-2,9-18-13)10-6-7-11(15)12(16)8-10/h6-8H,3-5,9H2,1-2H3. The summed E-state index contributed by atoms with van der Waals surface area (Å²) in [6.07, 6.45) is 2.82. The molecule has 18 heavy (non-hydrogen) atoms. The van der Waals surface area contributed by atoms with Gasteiger partial charge < -0.3 is 4.74 Å². The Balaban J connectivity index is 2.36. The van der Waals surface area contributed by atoms with E-state index < -0.39 is 0 Å². The summed E-state index contributed by atoms with van der Waals surface area (Å²) in [5.41, 5.74) is 0.782. The minimum absolute atomic E-state index is 0.293. The molecule has 0 aromatic heterocycles. The average Bonchev–Trinajstić information content (AvgIpc) is 2.78. The lowest BCUT2D eigenvalue weighted by Gasteiger charge is -2.23. The second kappa shape index (κ2) is 5.50. The summed E-state index contributed by atoms with van der Waals surface area (Å²) < 4.78 is 5.70. The Morgan fingerprint density at radius 1 is 1.28 bits per heavy atom. The van der Waals surface area contributed by atoms with Crippen LogP contribution in [0.15, 0.2) is 23.2 Å². The van der Waals surface area contributed by atoms with Crippen LogP contribution < -0.4 is 0 Å². The third-order valence-corrected chi connectivity index (χ3v) is 4.06. The zero-order chi connectivity index (χ0) is 13.2. The first-order valence-electron chi connectivity index (χ1n) is 6.28. The van der Waals surface area contributed by atoms with Crippen molar-refractivity contribution >= 4 is 29.1 Å². The molecule has 1 aliphatic rings. The van der Waals surface area contributed by atoms with Crippen molar-refractivity contribution in [3.63, 3.8) is 0 Å². The van der Waals surface area contributed by atoms with Gasteiger partial charge in [-0.05, 0) is 30.5 Å². The topological polar surface area (TPSA) is 21.6 Å². The molecule has 0 spiro atoms. The third-order valence-electron chi connectivity index (χ3n) is 3.32. The van der Waals surface area contributed by atoms with Crippen LogP contribution in [0.1, 0.15) is 38.7 Å². The van der Waals surface area contributed by atoms with Crippen LogP contribution in [0.25, 0.3) is 0 Å². The highest BCUT2D eigenvalue weighted by atomic mass is 35.5. The molecule has 0 aliphatic carbocycles. The van der Waals surface area contributed by atoms with Crippen molar-refractivity contribution in [2.24, 2.45) is 4.99 Å². The number of nitrogens with zero attached hydrogens (tertiary/aromatic N) is 1. The van der Waals surface area contributed by atoms with Crippen LogP contribution in [0.3, 0.4) is 0 Å². The number of aliphatic imine (C=N–C) groups is 1. The van der Waals surface area contributed by atoms with E-state index >= 15 is 0 Å². The van der Waals surface area contributed by atoms with Gasteiger partial charge in [0.15, 0.2) is 5.90 Å². The van der Waals surface area contributed by atoms with E-state index in [1.807, 2.05) is 18.2 Å². The van der Waals surface area contributed by atoms with Crippen molar-refractivity contribution < 1.29 is 4.74 Å². The van der Waals surface area contributed by atoms with Gasteiger partial charge in [0.05, 0.1) is 10.0 Å². The smallest absolute Gasteiger partial charge is 0.184 e. The van der Waals surface area contributed by atoms with Gasteiger partial charge in [-0.15, -0.1) is 0 Å². The number of benzene rings is 1. The maximum Gasteiger partial charge on any atom is 0.184 e. The number of ether oxygens (including phenoxy) is 1. The molecule has 0 amide bonds. The molecule has 1 unspecified atom stereocenters. The fourth-order valence-electron chi connectivity index (χ4n) is 2.17. The number of rotatable bonds is 4. The molecule has 0 bridgehead atoms. The second-order valence-corrected chi connectivity index (χ2v) is 5.37. The van der Waals surface area contributed by atoms with Gasteiger partial charge >= 0.3 is 0 Å². The van der Waals surface area contributed by atoms with E-state index in [2.05, 4.69) is 13.8 Å². The van der Waals surface area contributed by atoms with E-state index in [0.29, 0.717) is 16.7 Å². The van der Waals surface area contributed by atoms with E-state index in [9.17, 15) is 0 Å². The van der Waals surface area contributed by atoms with Crippen molar-refractivity contribution in [1.29, 1.82) is 0 Å². The van der Waals surface area contributed by atoms with Gasteiger partial charge in [0.2, 0.25) is 0 Å². The highest BCUT2D eigenvalue weighted by molar-refractivity contribution is 6.42. The Hall–Kier alpha value is -0.730. The molecule has 4 heteroatoms. The monoisotopic (exact) mass is 285 g/mol. The van der Waals surface area contributed by atoms with Crippen LogP contribution in [0.4, 0.5) is 0 Å². The molecule has 0 N–H and O–H groups in total. The van der Waals surface area contributed by atoms with Crippen molar-refractivity contribution in [1.82, 2.24) is 0 Å². The van der Waals surface area contributed by atoms with E-state index in [-0.39, 0.29) is 5.54 Å². The molecule has 2 nitrogen and oxygen atoms in total. The SMILES string of the molecule is CCCC1=NC(CC)(c2ccc(Cl)c(Cl)c2)CO1. The van der Waals surface area contributed by atoms with Crippen LogP contribution in [-0.2, 0) is 10.3 Å². The summed E-state index contributed by atoms with van der Waals surface area (Å²) in [4.78, 5) is 4.76. The van der Waals surface area contributed by atoms with E-state index in [4.69, 9.17) is 32.9 Å². The molecular weight excluding hydrogens is 269 g/mol. The normalized spacial score (nSPS) is 22.8. The van der Waals surface area contributed by atoms with Gasteiger partial charge in [0, 0.05) is 6.42 Å². The van der Waals surface area contributed by atoms with E-state index in [1.165, 1.54) is 0 Å². The summed E-state index contributed by atoms with van der Waals surface area (Å²) in [5, 5.41) is 1.14. The number of halogens is 2. The van der Waals surface area contributed by atoms with Crippen LogP contribution in [0.2, 0.25) is 10.0 Å². The molecule has 0 saturated heterocycles. The maximum absolute atomic E-state index is 6.09. The molecule has 2 rings (SSSR count). The molecule has 0 radical (unpaired) electrons. The summed E-state index contributed by atoms with van der Waals surface area (Å²) in [7, 11) is 0. The van der Waals surface area contributed by atoms with Gasteiger partial charge in [-0.1, -0.05) is 43.1 Å². The van der Waals surface area contributed by atoms with Gasteiger partial charge in [0.25, 0.3) is 0 Å². The summed E-state index contributed by atoms with van der Waals surface area (Å²) in [6, 6.07) is 5.71. The maximum atomic E-state index is 6.09. The first-order valence-corrected chi connectivity index (χ1v) is 7.04. The lowest BCUT2D eigenvalue weighted by molar-refractivity contribution is 0.247. The molecular formula is C14H17Cl2NO. The Morgan fingerprint density at radius 2 is 2.06 bits per heavy atom. The highest BCUT2D eigenvalue weighted by Crippen LogP contribution is 2.37. The zero-order valence-corrected chi connectivity index (χ0v) is 12.2. The number of hydrogen-bond donors (Lipinski definition) is 0. The first kappa shape index (κ1) is 13.7. The van der Waals surface area contributed by atoms with Crippen LogP contribution >= 0.6 is 23.2 Å². The van der Waals surface area contributed by atoms with E-state index in [1.54, 1.807) is 0 Å². The first-order chi connectivity index (χ1) is 8.61.